The van der Waals surface area contributed by atoms with Gasteiger partial charge in [0.15, 0.2) is 17.9 Å². The topological polar surface area (TPSA) is 345 Å². The van der Waals surface area contributed by atoms with Crippen LogP contribution in [-0.4, -0.2) is 175 Å². The van der Waals surface area contributed by atoms with Crippen LogP contribution in [0.4, 0.5) is 0 Å². The summed E-state index contributed by atoms with van der Waals surface area (Å²) in [6.45, 7) is 1.68. The van der Waals surface area contributed by atoms with Crippen LogP contribution in [0.3, 0.4) is 0 Å². The molecule has 400 valence electrons. The van der Waals surface area contributed by atoms with E-state index in [0.717, 1.165) is 0 Å². The van der Waals surface area contributed by atoms with Gasteiger partial charge in [0.25, 0.3) is 0 Å². The molecule has 3 fully saturated rings. The van der Waals surface area contributed by atoms with Gasteiger partial charge in [-0.15, -0.1) is 0 Å². The van der Waals surface area contributed by atoms with E-state index in [1.165, 1.54) is 49.0 Å². The van der Waals surface area contributed by atoms with Crippen molar-refractivity contribution in [2.75, 3.05) is 33.4 Å². The summed E-state index contributed by atoms with van der Waals surface area (Å²) in [6, 6.07) is 6.72. The summed E-state index contributed by atoms with van der Waals surface area (Å²) in [4.78, 5) is 122. The van der Waals surface area contributed by atoms with Crippen molar-refractivity contribution in [3.63, 3.8) is 0 Å². The van der Waals surface area contributed by atoms with E-state index >= 15 is 0 Å². The highest BCUT2D eigenvalue weighted by Gasteiger charge is 2.51. The second kappa shape index (κ2) is 21.9. The van der Waals surface area contributed by atoms with Gasteiger partial charge in [0.1, 0.15) is 53.7 Å². The summed E-state index contributed by atoms with van der Waals surface area (Å²) in [7, 11) is 1.28. The lowest BCUT2D eigenvalue weighted by Crippen LogP contribution is -2.59. The average Bonchev–Trinajstić information content (AvgIpc) is 4.08. The maximum absolute atomic E-state index is 14.1. The SMILES string of the molecule is COc1cccc2c1C(=O)c1c(O)c3c(c(O)c1C2=O)C[C@@](O)(C(=O)CO)C[C@@H]3O[C@H]1C[C@H](NC(=O)[C@@H]2CCCN2C(=O)CNC(=O)[C@H](C)NC(=O)[C@@H]2CCCN2C(=O)Cc2cccc(CC(=O)O)c2)[C@@H](O)[C@H](C)O1. The Bertz CT molecular complexity index is 2850. The van der Waals surface area contributed by atoms with Crippen molar-refractivity contribution in [2.24, 2.45) is 0 Å². The Kier molecular flexibility index (Phi) is 15.7. The number of amides is 5. The number of fused-ring (bicyclic) bond motifs is 3. The molecule has 9 atom stereocenters. The van der Waals surface area contributed by atoms with Crippen molar-refractivity contribution < 1.29 is 88.0 Å². The highest BCUT2D eigenvalue weighted by Crippen LogP contribution is 2.52. The molecule has 0 radical (unpaired) electrons. The fraction of sp³-hybridized carbons (Fsp3) is 0.481. The van der Waals surface area contributed by atoms with Gasteiger partial charge in [-0.1, -0.05) is 36.4 Å². The number of carbonyl (C=O) groups excluding carboxylic acids is 8. The molecule has 3 heterocycles. The van der Waals surface area contributed by atoms with E-state index in [4.69, 9.17) is 19.3 Å². The van der Waals surface area contributed by atoms with Crippen molar-refractivity contribution in [1.29, 1.82) is 0 Å². The maximum Gasteiger partial charge on any atom is 0.307 e. The smallest absolute Gasteiger partial charge is 0.307 e. The first kappa shape index (κ1) is 54.0. The van der Waals surface area contributed by atoms with E-state index < -0.39 is 150 Å². The number of ketones is 3. The number of likely N-dealkylation sites (tertiary alicyclic amines) is 2. The zero-order chi connectivity index (χ0) is 54.2. The van der Waals surface area contributed by atoms with Crippen LogP contribution in [0.25, 0.3) is 0 Å². The van der Waals surface area contributed by atoms with Gasteiger partial charge in [0.2, 0.25) is 35.3 Å². The predicted octanol–water partition coefficient (Wildman–Crippen LogP) is -0.368. The van der Waals surface area contributed by atoms with E-state index in [2.05, 4.69) is 16.0 Å². The standard InChI is InChI=1S/C52H59N5O18/c1-24(54-50(70)31-11-6-14-56(31)36(60)17-26-8-4-9-27(16-26)18-38(62)63)49(69)53-22-37(61)57-15-7-12-32(57)51(71)55-30-19-39(74-25(2)44(30)64)75-34-21-52(72,35(59)23-58)20-29-41(34)48(68)43-42(46(29)66)45(65)28-10-5-13-33(73-3)40(28)47(43)67/h4-5,8-10,13,16,24-25,30-32,34,39,44,58,64,66,68,72H,6-7,11-12,14-15,17-23H2,1-3H3,(H,53,69)(H,54,70)(H,55,71)(H,62,63)/t24-,25-,30-,31-,32-,34-,39-,44-,52-/m0/s1. The number of carbonyl (C=O) groups is 9. The molecule has 9 N–H and O–H groups in total. The number of methoxy groups -OCH3 is 1. The maximum atomic E-state index is 14.1. The fourth-order valence-corrected chi connectivity index (χ4v) is 10.9. The Balaban J connectivity index is 0.901. The van der Waals surface area contributed by atoms with Crippen LogP contribution in [0.1, 0.15) is 113 Å². The molecule has 5 aliphatic rings. The Morgan fingerprint density at radius 2 is 1.51 bits per heavy atom. The number of phenols is 2. The van der Waals surface area contributed by atoms with Crippen LogP contribution >= 0.6 is 0 Å². The number of hydrogen-bond donors (Lipinski definition) is 9. The summed E-state index contributed by atoms with van der Waals surface area (Å²) >= 11 is 0. The number of aliphatic hydroxyl groups is 3. The highest BCUT2D eigenvalue weighted by atomic mass is 16.7. The molecular formula is C52H59N5O18. The molecule has 3 aliphatic heterocycles. The lowest BCUT2D eigenvalue weighted by Gasteiger charge is -2.43. The summed E-state index contributed by atoms with van der Waals surface area (Å²) in [5, 5.41) is 73.5. The predicted molar refractivity (Wildman–Crippen MR) is 257 cm³/mol. The van der Waals surface area contributed by atoms with Crippen molar-refractivity contribution >= 4 is 52.9 Å². The van der Waals surface area contributed by atoms with E-state index in [1.54, 1.807) is 24.3 Å². The molecule has 23 nitrogen and oxygen atoms in total. The average molecular weight is 1040 g/mol. The molecule has 0 spiro atoms. The molecule has 0 unspecified atom stereocenters. The van der Waals surface area contributed by atoms with E-state index in [0.29, 0.717) is 36.9 Å². The van der Waals surface area contributed by atoms with Gasteiger partial charge in [-0.25, -0.2) is 0 Å². The normalized spacial score (nSPS) is 25.3. The number of hydrogen-bond acceptors (Lipinski definition) is 17. The van der Waals surface area contributed by atoms with Gasteiger partial charge in [-0.3, -0.25) is 43.2 Å². The summed E-state index contributed by atoms with van der Waals surface area (Å²) < 4.78 is 17.6. The number of Topliss-reactive ketones (excluding diaryl/α,β-unsaturated/α-hetero) is 1. The summed E-state index contributed by atoms with van der Waals surface area (Å²) in [5.41, 5.74) is -3.32. The molecular weight excluding hydrogens is 983 g/mol. The van der Waals surface area contributed by atoms with Gasteiger partial charge >= 0.3 is 5.97 Å². The minimum absolute atomic E-state index is 0.0203. The first-order valence-corrected chi connectivity index (χ1v) is 24.7. The molecule has 0 aromatic heterocycles. The third kappa shape index (κ3) is 10.7. The minimum atomic E-state index is -2.42. The van der Waals surface area contributed by atoms with Crippen LogP contribution in [0.15, 0.2) is 42.5 Å². The fourth-order valence-electron chi connectivity index (χ4n) is 10.9. The quantitative estimate of drug-likeness (QED) is 0.0647. The molecule has 3 saturated heterocycles. The number of ether oxygens (including phenoxy) is 3. The molecule has 5 amide bonds. The zero-order valence-corrected chi connectivity index (χ0v) is 41.3. The summed E-state index contributed by atoms with van der Waals surface area (Å²) in [5.74, 6) is -8.27. The van der Waals surface area contributed by atoms with Crippen LogP contribution < -0.4 is 20.7 Å². The first-order valence-electron chi connectivity index (χ1n) is 24.7. The lowest BCUT2D eigenvalue weighted by atomic mass is 9.72. The first-order chi connectivity index (χ1) is 35.7. The number of rotatable bonds is 16. The van der Waals surface area contributed by atoms with Gasteiger partial charge in [0.05, 0.1) is 61.4 Å². The molecule has 2 aliphatic carbocycles. The number of aliphatic hydroxyl groups excluding tert-OH is 2. The van der Waals surface area contributed by atoms with Crippen molar-refractivity contribution in [3.8, 4) is 17.2 Å². The van der Waals surface area contributed by atoms with Crippen LogP contribution in [-0.2, 0) is 62.3 Å². The van der Waals surface area contributed by atoms with Gasteiger partial charge in [-0.05, 0) is 56.7 Å². The van der Waals surface area contributed by atoms with Crippen molar-refractivity contribution in [1.82, 2.24) is 25.8 Å². The third-order valence-corrected chi connectivity index (χ3v) is 14.7. The molecule has 0 saturated carbocycles. The van der Waals surface area contributed by atoms with Gasteiger partial charge < -0.3 is 70.6 Å². The molecule has 75 heavy (non-hydrogen) atoms. The van der Waals surface area contributed by atoms with Crippen LogP contribution in [0, 0.1) is 0 Å². The number of carboxylic acid groups (broad SMARTS) is 1. The Morgan fingerprint density at radius 1 is 0.867 bits per heavy atom. The number of aromatic hydroxyl groups is 2. The van der Waals surface area contributed by atoms with Crippen molar-refractivity contribution in [3.05, 3.63) is 87.0 Å². The Labute approximate surface area is 429 Å². The molecule has 3 aromatic rings. The molecule has 0 bridgehead atoms. The van der Waals surface area contributed by atoms with Crippen LogP contribution in [0.5, 0.6) is 17.2 Å². The minimum Gasteiger partial charge on any atom is -0.507 e. The Hall–Kier alpha value is -7.31. The zero-order valence-electron chi connectivity index (χ0n) is 41.3. The number of phenolic OH excluding ortho intramolecular Hbond substituents is 2. The van der Waals surface area contributed by atoms with E-state index in [1.807, 2.05) is 0 Å². The Morgan fingerprint density at radius 3 is 2.17 bits per heavy atom. The highest BCUT2D eigenvalue weighted by molar-refractivity contribution is 6.31. The summed E-state index contributed by atoms with van der Waals surface area (Å²) in [6.07, 6.45) is -5.70. The van der Waals surface area contributed by atoms with Crippen LogP contribution in [0.2, 0.25) is 0 Å². The van der Waals surface area contributed by atoms with E-state index in [-0.39, 0.29) is 66.1 Å². The lowest BCUT2D eigenvalue weighted by molar-refractivity contribution is -0.249. The third-order valence-electron chi connectivity index (χ3n) is 14.7. The number of benzene rings is 3. The largest absolute Gasteiger partial charge is 0.507 e. The second-order valence-electron chi connectivity index (χ2n) is 19.6. The van der Waals surface area contributed by atoms with Gasteiger partial charge in [-0.2, -0.15) is 0 Å². The van der Waals surface area contributed by atoms with Gasteiger partial charge in [0, 0.05) is 49.0 Å². The number of nitrogens with zero attached hydrogens (tertiary/aromatic N) is 2. The number of nitrogens with one attached hydrogen (secondary N) is 3. The van der Waals surface area contributed by atoms with Crippen molar-refractivity contribution in [2.45, 2.75) is 126 Å². The number of aliphatic carboxylic acids is 1. The molecule has 3 aromatic carbocycles. The molecule has 23 heteroatoms. The number of carboxylic acids is 1. The molecule has 8 rings (SSSR count). The van der Waals surface area contributed by atoms with E-state index in [9.17, 15) is 68.7 Å². The monoisotopic (exact) mass is 1040 g/mol. The second-order valence-corrected chi connectivity index (χ2v) is 19.6.